The molecule has 0 aromatic carbocycles. The fourth-order valence-electron chi connectivity index (χ4n) is 1.52. The van der Waals surface area contributed by atoms with Gasteiger partial charge in [0.15, 0.2) is 0 Å². The second kappa shape index (κ2) is 6.71. The molecule has 1 heterocycles. The van der Waals surface area contributed by atoms with E-state index in [1.165, 1.54) is 7.11 Å². The van der Waals surface area contributed by atoms with Crippen molar-refractivity contribution in [2.45, 2.75) is 39.8 Å². The van der Waals surface area contributed by atoms with Crippen LogP contribution in [0.25, 0.3) is 0 Å². The van der Waals surface area contributed by atoms with Crippen LogP contribution in [0.3, 0.4) is 0 Å². The number of methoxy groups -OCH3 is 1. The Kier molecular flexibility index (Phi) is 5.58. The minimum atomic E-state index is -0.257. The third-order valence-electron chi connectivity index (χ3n) is 2.52. The molecule has 0 aliphatic rings. The molecule has 0 unspecified atom stereocenters. The van der Waals surface area contributed by atoms with Crippen molar-refractivity contribution in [2.24, 2.45) is 5.92 Å². The molecule has 5 heteroatoms. The van der Waals surface area contributed by atoms with Crippen LogP contribution in [0.2, 0.25) is 0 Å². The average molecular weight is 256 g/mol. The van der Waals surface area contributed by atoms with Crippen molar-refractivity contribution in [3.05, 3.63) is 16.1 Å². The lowest BCUT2D eigenvalue weighted by molar-refractivity contribution is -0.144. The van der Waals surface area contributed by atoms with E-state index in [-0.39, 0.29) is 17.9 Å². The summed E-state index contributed by atoms with van der Waals surface area (Å²) in [6.45, 7) is 6.74. The Hall–Kier alpha value is -0.940. The number of carbonyl (C=O) groups is 1. The summed E-state index contributed by atoms with van der Waals surface area (Å²) in [4.78, 5) is 17.0. The zero-order valence-corrected chi connectivity index (χ0v) is 11.6. The number of rotatable bonds is 6. The normalized spacial score (nSPS) is 12.8. The van der Waals surface area contributed by atoms with E-state index in [1.807, 2.05) is 20.0 Å². The lowest BCUT2D eigenvalue weighted by Crippen LogP contribution is -2.41. The summed E-state index contributed by atoms with van der Waals surface area (Å²) in [6, 6.07) is -0.257. The molecule has 0 aliphatic heterocycles. The van der Waals surface area contributed by atoms with Crippen LogP contribution in [-0.2, 0) is 22.5 Å². The Morgan fingerprint density at radius 3 is 2.76 bits per heavy atom. The monoisotopic (exact) mass is 256 g/mol. The third kappa shape index (κ3) is 4.09. The van der Waals surface area contributed by atoms with Crippen LogP contribution >= 0.6 is 11.3 Å². The number of esters is 1. The SMILES string of the molecule is CCc1ncc(CN[C@@H](C(=O)OC)C(C)C)s1. The predicted molar refractivity (Wildman–Crippen MR) is 69.0 cm³/mol. The van der Waals surface area contributed by atoms with Crippen molar-refractivity contribution >= 4 is 17.3 Å². The fraction of sp³-hybridized carbons (Fsp3) is 0.667. The molecule has 0 spiro atoms. The summed E-state index contributed by atoms with van der Waals surface area (Å²) in [5.74, 6) is 0.00115. The van der Waals surface area contributed by atoms with Gasteiger partial charge in [-0.15, -0.1) is 11.3 Å². The van der Waals surface area contributed by atoms with Gasteiger partial charge in [-0.25, -0.2) is 4.98 Å². The number of carbonyl (C=O) groups excluding carboxylic acids is 1. The highest BCUT2D eigenvalue weighted by Crippen LogP contribution is 2.14. The van der Waals surface area contributed by atoms with Crippen LogP contribution in [0.4, 0.5) is 0 Å². The highest BCUT2D eigenvalue weighted by Gasteiger charge is 2.22. The van der Waals surface area contributed by atoms with E-state index >= 15 is 0 Å². The van der Waals surface area contributed by atoms with Crippen LogP contribution in [0, 0.1) is 5.92 Å². The first-order chi connectivity index (χ1) is 8.08. The smallest absolute Gasteiger partial charge is 0.323 e. The molecule has 0 amide bonds. The van der Waals surface area contributed by atoms with Gasteiger partial charge in [-0.3, -0.25) is 10.1 Å². The van der Waals surface area contributed by atoms with Crippen molar-refractivity contribution in [1.29, 1.82) is 0 Å². The highest BCUT2D eigenvalue weighted by molar-refractivity contribution is 7.11. The second-order valence-electron chi connectivity index (χ2n) is 4.20. The number of hydrogen-bond acceptors (Lipinski definition) is 5. The highest BCUT2D eigenvalue weighted by atomic mass is 32.1. The molecule has 4 nitrogen and oxygen atoms in total. The molecule has 0 saturated heterocycles. The van der Waals surface area contributed by atoms with Gasteiger partial charge in [0.05, 0.1) is 12.1 Å². The van der Waals surface area contributed by atoms with Crippen LogP contribution in [0.1, 0.15) is 30.7 Å². The van der Waals surface area contributed by atoms with Crippen molar-refractivity contribution in [3.8, 4) is 0 Å². The Morgan fingerprint density at radius 2 is 2.29 bits per heavy atom. The van der Waals surface area contributed by atoms with E-state index < -0.39 is 0 Å². The van der Waals surface area contributed by atoms with Gasteiger partial charge in [-0.1, -0.05) is 20.8 Å². The molecule has 17 heavy (non-hydrogen) atoms. The quantitative estimate of drug-likeness (QED) is 0.791. The lowest BCUT2D eigenvalue weighted by atomic mass is 10.0. The molecule has 1 atom stereocenters. The Balaban J connectivity index is 2.54. The van der Waals surface area contributed by atoms with Gasteiger partial charge in [0.25, 0.3) is 0 Å². The number of aryl methyl sites for hydroxylation is 1. The first-order valence-electron chi connectivity index (χ1n) is 5.83. The van der Waals surface area contributed by atoms with Gasteiger partial charge in [0, 0.05) is 17.6 Å². The number of ether oxygens (including phenoxy) is 1. The maximum atomic E-state index is 11.5. The Morgan fingerprint density at radius 1 is 1.59 bits per heavy atom. The zero-order valence-electron chi connectivity index (χ0n) is 10.8. The molecule has 1 aromatic heterocycles. The molecular formula is C12H20N2O2S. The number of nitrogens with one attached hydrogen (secondary N) is 1. The average Bonchev–Trinajstić information content (AvgIpc) is 2.76. The molecule has 0 fully saturated rings. The van der Waals surface area contributed by atoms with Gasteiger partial charge in [0.2, 0.25) is 0 Å². The van der Waals surface area contributed by atoms with Gasteiger partial charge in [-0.05, 0) is 12.3 Å². The van der Waals surface area contributed by atoms with Crippen molar-refractivity contribution < 1.29 is 9.53 Å². The molecule has 0 aliphatic carbocycles. The largest absolute Gasteiger partial charge is 0.468 e. The Bertz CT molecular complexity index is 363. The number of hydrogen-bond donors (Lipinski definition) is 1. The van der Waals surface area contributed by atoms with Crippen molar-refractivity contribution in [1.82, 2.24) is 10.3 Å². The van der Waals surface area contributed by atoms with E-state index in [9.17, 15) is 4.79 Å². The maximum Gasteiger partial charge on any atom is 0.323 e. The van der Waals surface area contributed by atoms with E-state index in [1.54, 1.807) is 11.3 Å². The van der Waals surface area contributed by atoms with Crippen LogP contribution in [-0.4, -0.2) is 24.1 Å². The fourth-order valence-corrected chi connectivity index (χ4v) is 2.34. The summed E-state index contributed by atoms with van der Waals surface area (Å²) in [5, 5.41) is 4.35. The van der Waals surface area contributed by atoms with Gasteiger partial charge >= 0.3 is 5.97 Å². The second-order valence-corrected chi connectivity index (χ2v) is 5.40. The maximum absolute atomic E-state index is 11.5. The standard InChI is InChI=1S/C12H20N2O2S/c1-5-10-13-6-9(17-10)7-14-11(8(2)3)12(15)16-4/h6,8,11,14H,5,7H2,1-4H3/t11-/m1/s1. The summed E-state index contributed by atoms with van der Waals surface area (Å²) >= 11 is 1.68. The summed E-state index contributed by atoms with van der Waals surface area (Å²) < 4.78 is 4.77. The molecule has 0 radical (unpaired) electrons. The van der Waals surface area contributed by atoms with Crippen molar-refractivity contribution in [3.63, 3.8) is 0 Å². The van der Waals surface area contributed by atoms with Crippen molar-refractivity contribution in [2.75, 3.05) is 7.11 Å². The van der Waals surface area contributed by atoms with E-state index in [2.05, 4.69) is 17.2 Å². The number of aromatic nitrogens is 1. The number of nitrogens with zero attached hydrogens (tertiary/aromatic N) is 1. The topological polar surface area (TPSA) is 51.2 Å². The number of thiazole rings is 1. The molecule has 1 rings (SSSR count). The molecule has 96 valence electrons. The molecule has 1 aromatic rings. The first kappa shape index (κ1) is 14.1. The summed E-state index contributed by atoms with van der Waals surface area (Å²) in [7, 11) is 1.42. The van der Waals surface area contributed by atoms with E-state index in [0.29, 0.717) is 6.54 Å². The molecule has 1 N–H and O–H groups in total. The zero-order chi connectivity index (χ0) is 12.8. The summed E-state index contributed by atoms with van der Waals surface area (Å²) in [5.41, 5.74) is 0. The van der Waals surface area contributed by atoms with E-state index in [0.717, 1.165) is 16.3 Å². The first-order valence-corrected chi connectivity index (χ1v) is 6.64. The predicted octanol–water partition coefficient (Wildman–Crippen LogP) is 1.99. The third-order valence-corrected chi connectivity index (χ3v) is 3.66. The van der Waals surface area contributed by atoms with E-state index in [4.69, 9.17) is 4.74 Å². The summed E-state index contributed by atoms with van der Waals surface area (Å²) in [6.07, 6.45) is 2.82. The van der Waals surface area contributed by atoms with Gasteiger partial charge < -0.3 is 4.74 Å². The van der Waals surface area contributed by atoms with Crippen LogP contribution < -0.4 is 5.32 Å². The lowest BCUT2D eigenvalue weighted by Gasteiger charge is -2.19. The molecular weight excluding hydrogens is 236 g/mol. The van der Waals surface area contributed by atoms with Crippen LogP contribution in [0.5, 0.6) is 0 Å². The molecule has 0 bridgehead atoms. The minimum Gasteiger partial charge on any atom is -0.468 e. The Labute approximate surface area is 106 Å². The minimum absolute atomic E-state index is 0.208. The van der Waals surface area contributed by atoms with Gasteiger partial charge in [0.1, 0.15) is 6.04 Å². The van der Waals surface area contributed by atoms with Crippen LogP contribution in [0.15, 0.2) is 6.20 Å². The van der Waals surface area contributed by atoms with Gasteiger partial charge in [-0.2, -0.15) is 0 Å². The molecule has 0 saturated carbocycles.